The Labute approximate surface area is 301 Å². The van der Waals surface area contributed by atoms with Crippen molar-refractivity contribution in [1.82, 2.24) is 9.13 Å². The summed E-state index contributed by atoms with van der Waals surface area (Å²) < 4.78 is 4.85. The largest absolute Gasteiger partial charge is 0.342 e. The van der Waals surface area contributed by atoms with Gasteiger partial charge in [-0.1, -0.05) is 146 Å². The second kappa shape index (κ2) is 10.9. The van der Waals surface area contributed by atoms with E-state index in [4.69, 9.17) is 0 Å². The Balaban J connectivity index is 1.09. The Hall–Kier alpha value is -6.64. The van der Waals surface area contributed by atoms with Crippen LogP contribution in [0.5, 0.6) is 0 Å². The molecule has 0 amide bonds. The Morgan fingerprint density at radius 2 is 0.635 bits per heavy atom. The van der Waals surface area contributed by atoms with Crippen LogP contribution in [0.25, 0.3) is 109 Å². The zero-order chi connectivity index (χ0) is 34.5. The summed E-state index contributed by atoms with van der Waals surface area (Å²) >= 11 is 0. The molecule has 0 radical (unpaired) electrons. The zero-order valence-corrected chi connectivity index (χ0v) is 29.1. The fraction of sp³-hybridized carbons (Fsp3) is 0.0400. The highest BCUT2D eigenvalue weighted by molar-refractivity contribution is 6.36. The minimum absolute atomic E-state index is 1.22. The van der Waals surface area contributed by atoms with Gasteiger partial charge in [-0.3, -0.25) is 0 Å². The van der Waals surface area contributed by atoms with E-state index in [2.05, 4.69) is 193 Å². The maximum absolute atomic E-state index is 2.43. The Morgan fingerprint density at radius 3 is 1.12 bits per heavy atom. The van der Waals surface area contributed by atoms with Gasteiger partial charge in [0.2, 0.25) is 0 Å². The molecule has 2 heteroatoms. The first-order valence-corrected chi connectivity index (χ1v) is 18.0. The Morgan fingerprint density at radius 1 is 0.288 bits per heavy atom. The molecule has 0 aliphatic rings. The van der Waals surface area contributed by atoms with Crippen LogP contribution in [0.15, 0.2) is 170 Å². The minimum atomic E-state index is 1.22. The molecule has 0 unspecified atom stereocenters. The average Bonchev–Trinajstić information content (AvgIpc) is 3.67. The van der Waals surface area contributed by atoms with Crippen molar-refractivity contribution in [2.45, 2.75) is 0 Å². The number of benzene rings is 9. The topological polar surface area (TPSA) is 9.86 Å². The third-order valence-corrected chi connectivity index (χ3v) is 11.5. The predicted molar refractivity (Wildman–Crippen MR) is 223 cm³/mol. The van der Waals surface area contributed by atoms with Gasteiger partial charge in [0.25, 0.3) is 0 Å². The fourth-order valence-electron chi connectivity index (χ4n) is 8.84. The van der Waals surface area contributed by atoms with Gasteiger partial charge in [0, 0.05) is 46.7 Å². The van der Waals surface area contributed by atoms with Crippen LogP contribution in [-0.4, -0.2) is 9.13 Å². The summed E-state index contributed by atoms with van der Waals surface area (Å²) in [6.45, 7) is 0. The van der Waals surface area contributed by atoms with Crippen molar-refractivity contribution in [2.24, 2.45) is 14.1 Å². The van der Waals surface area contributed by atoms with Gasteiger partial charge in [-0.25, -0.2) is 0 Å². The van der Waals surface area contributed by atoms with Crippen molar-refractivity contribution < 1.29 is 0 Å². The normalized spacial score (nSPS) is 12.0. The second-order valence-corrected chi connectivity index (χ2v) is 14.3. The number of hydrogen-bond donors (Lipinski definition) is 0. The molecule has 2 aromatic heterocycles. The van der Waals surface area contributed by atoms with Crippen LogP contribution in [-0.2, 0) is 14.1 Å². The summed E-state index contributed by atoms with van der Waals surface area (Å²) in [6.07, 6.45) is 0. The number of hydrogen-bond acceptors (Lipinski definition) is 0. The molecule has 0 aliphatic heterocycles. The molecule has 52 heavy (non-hydrogen) atoms. The monoisotopic (exact) mass is 662 g/mol. The van der Waals surface area contributed by atoms with Gasteiger partial charge in [0.15, 0.2) is 0 Å². The molecule has 11 rings (SSSR count). The minimum Gasteiger partial charge on any atom is -0.342 e. The molecule has 0 aliphatic carbocycles. The first kappa shape index (κ1) is 29.1. The SMILES string of the molecule is Cn1c2cc(-c3ccc(-c4ccc5ccccc5c4)cc3)ccc2c2c3ccccc3c3c4ccc(-c5ccc6ccccc6c5)cc4n(C)c3c21. The lowest BCUT2D eigenvalue weighted by Gasteiger charge is -2.08. The van der Waals surface area contributed by atoms with Gasteiger partial charge in [0.05, 0.1) is 11.0 Å². The molecule has 0 fully saturated rings. The van der Waals surface area contributed by atoms with Crippen LogP contribution in [0.1, 0.15) is 0 Å². The van der Waals surface area contributed by atoms with Crippen LogP contribution in [0, 0.1) is 0 Å². The van der Waals surface area contributed by atoms with Crippen molar-refractivity contribution >= 4 is 75.9 Å². The summed E-state index contributed by atoms with van der Waals surface area (Å²) in [6, 6.07) is 62.7. The van der Waals surface area contributed by atoms with Crippen LogP contribution >= 0.6 is 0 Å². The molecule has 0 saturated heterocycles. The van der Waals surface area contributed by atoms with Crippen molar-refractivity contribution in [3.8, 4) is 33.4 Å². The van der Waals surface area contributed by atoms with E-state index in [1.165, 1.54) is 109 Å². The van der Waals surface area contributed by atoms with E-state index in [0.717, 1.165) is 0 Å². The molecule has 11 aromatic rings. The quantitative estimate of drug-likeness (QED) is 0.178. The van der Waals surface area contributed by atoms with Crippen LogP contribution in [0.3, 0.4) is 0 Å². The summed E-state index contributed by atoms with van der Waals surface area (Å²) in [5.41, 5.74) is 12.4. The lowest BCUT2D eigenvalue weighted by molar-refractivity contribution is 0.987. The van der Waals surface area contributed by atoms with E-state index in [0.29, 0.717) is 0 Å². The molecule has 0 spiro atoms. The third kappa shape index (κ3) is 4.18. The van der Waals surface area contributed by atoms with Gasteiger partial charge >= 0.3 is 0 Å². The smallest absolute Gasteiger partial charge is 0.0742 e. The van der Waals surface area contributed by atoms with E-state index in [1.807, 2.05) is 0 Å². The molecular formula is C50H34N2. The van der Waals surface area contributed by atoms with Crippen LogP contribution < -0.4 is 0 Å². The molecule has 0 saturated carbocycles. The van der Waals surface area contributed by atoms with E-state index in [-0.39, 0.29) is 0 Å². The first-order chi connectivity index (χ1) is 25.6. The molecule has 0 atom stereocenters. The van der Waals surface area contributed by atoms with E-state index in [1.54, 1.807) is 0 Å². The molecule has 0 bridgehead atoms. The summed E-state index contributed by atoms with van der Waals surface area (Å²) in [7, 11) is 4.48. The molecule has 244 valence electrons. The lowest BCUT2D eigenvalue weighted by atomic mass is 9.96. The summed E-state index contributed by atoms with van der Waals surface area (Å²) in [5.74, 6) is 0. The summed E-state index contributed by atoms with van der Waals surface area (Å²) in [4.78, 5) is 0. The molecule has 9 aromatic carbocycles. The third-order valence-electron chi connectivity index (χ3n) is 11.5. The first-order valence-electron chi connectivity index (χ1n) is 18.0. The van der Waals surface area contributed by atoms with Gasteiger partial charge < -0.3 is 9.13 Å². The van der Waals surface area contributed by atoms with Gasteiger partial charge in [-0.2, -0.15) is 0 Å². The standard InChI is InChI=1S/C50H34N2/c1-51-45-29-39(34-17-15-33(16-18-34)37-21-19-31-9-3-5-11-35(31)27-37)23-25-43(45)47-41-13-7-8-14-42(41)48-44-26-24-40(30-46(44)52(2)50(48)49(47)51)38-22-20-32-10-4-6-12-36(32)28-38/h3-30H,1-2H3. The average molecular weight is 663 g/mol. The molecule has 2 nitrogen and oxygen atoms in total. The number of aryl methyl sites for hydroxylation is 2. The van der Waals surface area contributed by atoms with Gasteiger partial charge in [-0.15, -0.1) is 0 Å². The Bertz CT molecular complexity index is 3250. The van der Waals surface area contributed by atoms with Crippen LogP contribution in [0.4, 0.5) is 0 Å². The number of fused-ring (bicyclic) bond motifs is 12. The Kier molecular flexibility index (Phi) is 6.12. The van der Waals surface area contributed by atoms with Gasteiger partial charge in [-0.05, 0) is 90.0 Å². The summed E-state index contributed by atoms with van der Waals surface area (Å²) in [5, 5.41) is 12.9. The number of aromatic nitrogens is 2. The maximum atomic E-state index is 2.43. The predicted octanol–water partition coefficient (Wildman–Crippen LogP) is 13.4. The van der Waals surface area contributed by atoms with E-state index >= 15 is 0 Å². The van der Waals surface area contributed by atoms with E-state index < -0.39 is 0 Å². The number of rotatable bonds is 3. The maximum Gasteiger partial charge on any atom is 0.0742 e. The van der Waals surface area contributed by atoms with Gasteiger partial charge in [0.1, 0.15) is 0 Å². The number of nitrogens with zero attached hydrogens (tertiary/aromatic N) is 2. The fourth-order valence-corrected chi connectivity index (χ4v) is 8.84. The highest BCUT2D eigenvalue weighted by Crippen LogP contribution is 2.45. The molecule has 2 heterocycles. The van der Waals surface area contributed by atoms with Crippen molar-refractivity contribution in [3.05, 3.63) is 170 Å². The zero-order valence-electron chi connectivity index (χ0n) is 29.1. The highest BCUT2D eigenvalue weighted by Gasteiger charge is 2.22. The van der Waals surface area contributed by atoms with E-state index in [9.17, 15) is 0 Å². The second-order valence-electron chi connectivity index (χ2n) is 14.3. The van der Waals surface area contributed by atoms with Crippen LogP contribution in [0.2, 0.25) is 0 Å². The molecular weight excluding hydrogens is 629 g/mol. The van der Waals surface area contributed by atoms with Crippen molar-refractivity contribution in [1.29, 1.82) is 0 Å². The molecule has 0 N–H and O–H groups in total. The van der Waals surface area contributed by atoms with Crippen molar-refractivity contribution in [2.75, 3.05) is 0 Å². The van der Waals surface area contributed by atoms with Crippen molar-refractivity contribution in [3.63, 3.8) is 0 Å². The highest BCUT2D eigenvalue weighted by atomic mass is 15.0. The lowest BCUT2D eigenvalue weighted by Crippen LogP contribution is -1.93.